The number of aliphatic hydroxyl groups is 2. The van der Waals surface area contributed by atoms with Gasteiger partial charge in [0.15, 0.2) is 0 Å². The quantitative estimate of drug-likeness (QED) is 0.188. The number of anilines is 1. The second-order valence-corrected chi connectivity index (χ2v) is 12.1. The van der Waals surface area contributed by atoms with Gasteiger partial charge in [-0.25, -0.2) is 9.78 Å². The standard InChI is InChI=1S/C34H39F3N6O4/c1-2-22-19-43(20-24-15-27(5-6-28(22)24)47-31-7-8-38-32-29(31)16-26(21-45)39-32)33(46)40-25-4-3-23(30(17-25)34(35,36)37)18-42-11-9-41(10-12-42)13-14-44/h3-8,15-17,22,44-45H,2,9-14,18-21H2,1H3,(H,38,39)(H,40,46)/t22-/m0/s1. The topological polar surface area (TPSA) is 117 Å². The highest BCUT2D eigenvalue weighted by Gasteiger charge is 2.35. The predicted molar refractivity (Wildman–Crippen MR) is 171 cm³/mol. The SMILES string of the molecule is CC[C@H]1CN(C(=O)Nc2ccc(CN3CCN(CCO)CC3)c(C(F)(F)F)c2)Cc2cc(Oc3ccnc4[nH]c(CO)cc34)ccc21. The number of halogens is 3. The smallest absolute Gasteiger partial charge is 0.416 e. The number of carbonyl (C=O) groups is 1. The van der Waals surface area contributed by atoms with Crippen LogP contribution >= 0.6 is 0 Å². The number of urea groups is 1. The van der Waals surface area contributed by atoms with Crippen molar-refractivity contribution in [3.8, 4) is 11.5 Å². The molecule has 2 aromatic carbocycles. The molecule has 2 amide bonds. The number of hydrogen-bond acceptors (Lipinski definition) is 7. The van der Waals surface area contributed by atoms with E-state index in [9.17, 15) is 23.1 Å². The number of fused-ring (bicyclic) bond motifs is 2. The van der Waals surface area contributed by atoms with Gasteiger partial charge in [-0.05, 0) is 59.5 Å². The van der Waals surface area contributed by atoms with Gasteiger partial charge in [-0.15, -0.1) is 0 Å². The molecule has 0 unspecified atom stereocenters. The van der Waals surface area contributed by atoms with Gasteiger partial charge < -0.3 is 30.2 Å². The fraction of sp³-hybridized carbons (Fsp3) is 0.412. The number of nitrogens with one attached hydrogen (secondary N) is 2. The van der Waals surface area contributed by atoms with Gasteiger partial charge in [0, 0.05) is 75.9 Å². The van der Waals surface area contributed by atoms with Gasteiger partial charge >= 0.3 is 12.2 Å². The number of β-amino-alcohol motifs (C(OH)–C–C–N with tert-alkyl or cyclic N) is 1. The van der Waals surface area contributed by atoms with E-state index in [-0.39, 0.29) is 43.5 Å². The summed E-state index contributed by atoms with van der Waals surface area (Å²) >= 11 is 0. The summed E-state index contributed by atoms with van der Waals surface area (Å²) in [6, 6.07) is 12.8. The number of rotatable bonds is 9. The van der Waals surface area contributed by atoms with E-state index in [1.807, 2.05) is 30.0 Å². The third kappa shape index (κ3) is 7.38. The lowest BCUT2D eigenvalue weighted by Gasteiger charge is -2.35. The molecule has 0 spiro atoms. The van der Waals surface area contributed by atoms with Gasteiger partial charge in [0.25, 0.3) is 0 Å². The van der Waals surface area contributed by atoms with E-state index < -0.39 is 17.8 Å². The highest BCUT2D eigenvalue weighted by atomic mass is 19.4. The first-order chi connectivity index (χ1) is 22.6. The minimum Gasteiger partial charge on any atom is -0.457 e. The van der Waals surface area contributed by atoms with Crippen molar-refractivity contribution in [1.82, 2.24) is 24.7 Å². The van der Waals surface area contributed by atoms with Crippen LogP contribution in [0.3, 0.4) is 0 Å². The monoisotopic (exact) mass is 652 g/mol. The molecule has 2 aromatic heterocycles. The third-order valence-corrected chi connectivity index (χ3v) is 9.02. The van der Waals surface area contributed by atoms with Gasteiger partial charge in [-0.2, -0.15) is 13.2 Å². The van der Waals surface area contributed by atoms with Crippen molar-refractivity contribution in [2.45, 2.75) is 45.1 Å². The molecule has 10 nitrogen and oxygen atoms in total. The van der Waals surface area contributed by atoms with E-state index in [1.54, 1.807) is 23.2 Å². The van der Waals surface area contributed by atoms with Crippen molar-refractivity contribution in [3.63, 3.8) is 0 Å². The molecule has 0 saturated carbocycles. The number of ether oxygens (including phenoxy) is 1. The number of piperazine rings is 1. The Labute approximate surface area is 270 Å². The molecule has 13 heteroatoms. The van der Waals surface area contributed by atoms with Gasteiger partial charge in [-0.3, -0.25) is 9.80 Å². The summed E-state index contributed by atoms with van der Waals surface area (Å²) in [5, 5.41) is 22.1. The molecule has 4 N–H and O–H groups in total. The van der Waals surface area contributed by atoms with Gasteiger partial charge in [-0.1, -0.05) is 19.1 Å². The summed E-state index contributed by atoms with van der Waals surface area (Å²) in [6.45, 7) is 5.95. The zero-order chi connectivity index (χ0) is 33.1. The van der Waals surface area contributed by atoms with Crippen molar-refractivity contribution >= 4 is 22.8 Å². The minimum absolute atomic E-state index is 0.0499. The fourth-order valence-electron chi connectivity index (χ4n) is 6.49. The molecule has 4 heterocycles. The number of amides is 2. The van der Waals surface area contributed by atoms with Crippen molar-refractivity contribution in [2.24, 2.45) is 0 Å². The van der Waals surface area contributed by atoms with Crippen LogP contribution in [0.2, 0.25) is 0 Å². The van der Waals surface area contributed by atoms with E-state index in [0.717, 1.165) is 29.0 Å². The fourth-order valence-corrected chi connectivity index (χ4v) is 6.49. The highest BCUT2D eigenvalue weighted by molar-refractivity contribution is 5.90. The molecule has 250 valence electrons. The number of H-pyrrole nitrogens is 1. The van der Waals surface area contributed by atoms with E-state index in [4.69, 9.17) is 9.84 Å². The number of nitrogens with zero attached hydrogens (tertiary/aromatic N) is 4. The van der Waals surface area contributed by atoms with Crippen LogP contribution in [0.4, 0.5) is 23.7 Å². The maximum Gasteiger partial charge on any atom is 0.416 e. The average molecular weight is 653 g/mol. The molecular weight excluding hydrogens is 613 g/mol. The first-order valence-corrected chi connectivity index (χ1v) is 15.8. The van der Waals surface area contributed by atoms with Crippen LogP contribution in [0.25, 0.3) is 11.0 Å². The van der Waals surface area contributed by atoms with Crippen molar-refractivity contribution < 1.29 is 32.9 Å². The zero-order valence-electron chi connectivity index (χ0n) is 26.2. The van der Waals surface area contributed by atoms with Crippen LogP contribution in [-0.4, -0.2) is 86.8 Å². The number of hydrogen-bond donors (Lipinski definition) is 4. The van der Waals surface area contributed by atoms with Crippen molar-refractivity contribution in [1.29, 1.82) is 0 Å². The first-order valence-electron chi connectivity index (χ1n) is 15.8. The van der Waals surface area contributed by atoms with E-state index in [0.29, 0.717) is 62.1 Å². The number of carbonyl (C=O) groups excluding carboxylic acids is 1. The lowest BCUT2D eigenvalue weighted by Crippen LogP contribution is -2.46. The second-order valence-electron chi connectivity index (χ2n) is 12.1. The van der Waals surface area contributed by atoms with Crippen LogP contribution in [0, 0.1) is 0 Å². The third-order valence-electron chi connectivity index (χ3n) is 9.02. The summed E-state index contributed by atoms with van der Waals surface area (Å²) in [4.78, 5) is 26.5. The number of aromatic nitrogens is 2. The Balaban J connectivity index is 1.16. The lowest BCUT2D eigenvalue weighted by atomic mass is 9.88. The molecular formula is C34H39F3N6O4. The Kier molecular flexibility index (Phi) is 9.69. The Morgan fingerprint density at radius 1 is 1.06 bits per heavy atom. The number of aliphatic hydroxyl groups excluding tert-OH is 2. The zero-order valence-corrected chi connectivity index (χ0v) is 26.2. The maximum absolute atomic E-state index is 14.2. The summed E-state index contributed by atoms with van der Waals surface area (Å²) in [7, 11) is 0. The Morgan fingerprint density at radius 3 is 2.57 bits per heavy atom. The van der Waals surface area contributed by atoms with Gasteiger partial charge in [0.1, 0.15) is 17.1 Å². The van der Waals surface area contributed by atoms with E-state index in [2.05, 4.69) is 20.2 Å². The minimum atomic E-state index is -4.58. The first kappa shape index (κ1) is 32.8. The molecule has 0 radical (unpaired) electrons. The van der Waals surface area contributed by atoms with Crippen LogP contribution in [0.5, 0.6) is 11.5 Å². The molecule has 2 aliphatic heterocycles. The second kappa shape index (κ2) is 13.9. The van der Waals surface area contributed by atoms with E-state index in [1.165, 1.54) is 12.1 Å². The molecule has 6 rings (SSSR count). The molecule has 0 bridgehead atoms. The predicted octanol–water partition coefficient (Wildman–Crippen LogP) is 5.52. The molecule has 1 fully saturated rings. The van der Waals surface area contributed by atoms with Crippen molar-refractivity contribution in [2.75, 3.05) is 51.2 Å². The maximum atomic E-state index is 14.2. The number of pyridine rings is 1. The molecule has 47 heavy (non-hydrogen) atoms. The molecule has 1 saturated heterocycles. The van der Waals surface area contributed by atoms with Crippen LogP contribution in [-0.2, 0) is 25.9 Å². The lowest BCUT2D eigenvalue weighted by molar-refractivity contribution is -0.138. The Morgan fingerprint density at radius 2 is 1.85 bits per heavy atom. The molecule has 1 atom stereocenters. The number of aromatic amines is 1. The van der Waals surface area contributed by atoms with Crippen LogP contribution in [0.1, 0.15) is 47.2 Å². The Bertz CT molecular complexity index is 1720. The summed E-state index contributed by atoms with van der Waals surface area (Å²) in [5.41, 5.74) is 2.71. The van der Waals surface area contributed by atoms with Gasteiger partial charge in [0.2, 0.25) is 0 Å². The highest BCUT2D eigenvalue weighted by Crippen LogP contribution is 2.37. The van der Waals surface area contributed by atoms with Crippen LogP contribution < -0.4 is 10.1 Å². The number of alkyl halides is 3. The van der Waals surface area contributed by atoms with Crippen molar-refractivity contribution in [3.05, 3.63) is 82.7 Å². The molecule has 0 aliphatic carbocycles. The molecule has 2 aliphatic rings. The largest absolute Gasteiger partial charge is 0.457 e. The summed E-state index contributed by atoms with van der Waals surface area (Å²) in [5.74, 6) is 1.19. The Hall–Kier alpha value is -4.17. The molecule has 4 aromatic rings. The normalized spacial score (nSPS) is 17.6. The van der Waals surface area contributed by atoms with Crippen LogP contribution in [0.15, 0.2) is 54.7 Å². The number of benzene rings is 2. The van der Waals surface area contributed by atoms with Gasteiger partial charge in [0.05, 0.1) is 24.2 Å². The average Bonchev–Trinajstić information content (AvgIpc) is 3.50. The summed E-state index contributed by atoms with van der Waals surface area (Å²) in [6.07, 6.45) is -2.19. The van der Waals surface area contributed by atoms with E-state index >= 15 is 0 Å². The summed E-state index contributed by atoms with van der Waals surface area (Å²) < 4.78 is 48.8.